The van der Waals surface area contributed by atoms with Crippen molar-refractivity contribution in [1.29, 1.82) is 0 Å². The van der Waals surface area contributed by atoms with Gasteiger partial charge in [0.05, 0.1) is 16.3 Å². The minimum atomic E-state index is 0.0872. The summed E-state index contributed by atoms with van der Waals surface area (Å²) >= 11 is 1.51. The molecule has 2 heterocycles. The highest BCUT2D eigenvalue weighted by Crippen LogP contribution is 2.23. The predicted molar refractivity (Wildman–Crippen MR) is 115 cm³/mol. The molecule has 4 rings (SSSR count). The first kappa shape index (κ1) is 19.0. The quantitative estimate of drug-likeness (QED) is 0.645. The summed E-state index contributed by atoms with van der Waals surface area (Å²) < 4.78 is 0. The standard InChI is InChI=1S/C23H25N3OS/c1-17-13-23(25-21-10-6-5-9-20(17)21)28-16-22(27)24-19-11-12-26(15-19)14-18-7-3-2-4-8-18/h2-10,13,19H,11-12,14-16H2,1H3,(H,24,27). The largest absolute Gasteiger partial charge is 0.351 e. The van der Waals surface area contributed by atoms with Crippen molar-refractivity contribution in [3.05, 3.63) is 71.8 Å². The second-order valence-corrected chi connectivity index (χ2v) is 8.35. The fourth-order valence-electron chi connectivity index (χ4n) is 3.74. The first-order chi connectivity index (χ1) is 13.7. The normalized spacial score (nSPS) is 17.1. The fraction of sp³-hybridized carbons (Fsp3) is 0.304. The molecular weight excluding hydrogens is 366 g/mol. The predicted octanol–water partition coefficient (Wildman–Crippen LogP) is 4.03. The number of para-hydroxylation sites is 1. The van der Waals surface area contributed by atoms with E-state index in [4.69, 9.17) is 0 Å². The van der Waals surface area contributed by atoms with Crippen molar-refractivity contribution in [2.45, 2.75) is 31.0 Å². The van der Waals surface area contributed by atoms with Crippen LogP contribution in [0.15, 0.2) is 65.7 Å². The van der Waals surface area contributed by atoms with Crippen LogP contribution in [-0.2, 0) is 11.3 Å². The summed E-state index contributed by atoms with van der Waals surface area (Å²) in [6.07, 6.45) is 1.01. The Morgan fingerprint density at radius 1 is 1.18 bits per heavy atom. The Morgan fingerprint density at radius 3 is 2.82 bits per heavy atom. The molecule has 1 aliphatic rings. The van der Waals surface area contributed by atoms with Crippen molar-refractivity contribution in [3.8, 4) is 0 Å². The van der Waals surface area contributed by atoms with Crippen molar-refractivity contribution in [1.82, 2.24) is 15.2 Å². The highest BCUT2D eigenvalue weighted by atomic mass is 32.2. The van der Waals surface area contributed by atoms with E-state index < -0.39 is 0 Å². The minimum absolute atomic E-state index is 0.0872. The number of rotatable bonds is 6. The monoisotopic (exact) mass is 391 g/mol. The molecule has 144 valence electrons. The van der Waals surface area contributed by atoms with Crippen molar-refractivity contribution in [2.75, 3.05) is 18.8 Å². The maximum Gasteiger partial charge on any atom is 0.230 e. The molecule has 0 saturated carbocycles. The topological polar surface area (TPSA) is 45.2 Å². The van der Waals surface area contributed by atoms with Crippen LogP contribution in [0.25, 0.3) is 10.9 Å². The highest BCUT2D eigenvalue weighted by molar-refractivity contribution is 7.99. The lowest BCUT2D eigenvalue weighted by atomic mass is 10.1. The van der Waals surface area contributed by atoms with Crippen molar-refractivity contribution < 1.29 is 4.79 Å². The van der Waals surface area contributed by atoms with Gasteiger partial charge in [-0.15, -0.1) is 0 Å². The lowest BCUT2D eigenvalue weighted by molar-refractivity contribution is -0.119. The lowest BCUT2D eigenvalue weighted by Crippen LogP contribution is -2.38. The number of thioether (sulfide) groups is 1. The van der Waals surface area contributed by atoms with E-state index in [0.717, 1.165) is 36.6 Å². The van der Waals surface area contributed by atoms with Gasteiger partial charge in [-0.05, 0) is 36.6 Å². The molecule has 0 radical (unpaired) electrons. The molecule has 5 heteroatoms. The van der Waals surface area contributed by atoms with Crippen LogP contribution in [0, 0.1) is 6.92 Å². The van der Waals surface area contributed by atoms with Gasteiger partial charge in [-0.1, -0.05) is 60.3 Å². The first-order valence-corrected chi connectivity index (χ1v) is 10.7. The van der Waals surface area contributed by atoms with Crippen molar-refractivity contribution in [2.24, 2.45) is 0 Å². The Hall–Kier alpha value is -2.37. The Morgan fingerprint density at radius 2 is 1.96 bits per heavy atom. The molecule has 3 aromatic rings. The third kappa shape index (κ3) is 4.72. The molecule has 1 fully saturated rings. The second kappa shape index (κ2) is 8.76. The molecule has 1 atom stereocenters. The third-order valence-corrected chi connectivity index (χ3v) is 6.05. The van der Waals surface area contributed by atoms with Gasteiger partial charge in [0.15, 0.2) is 0 Å². The molecular formula is C23H25N3OS. The van der Waals surface area contributed by atoms with E-state index in [0.29, 0.717) is 5.75 Å². The molecule has 0 spiro atoms. The molecule has 1 amide bonds. The number of benzene rings is 2. The SMILES string of the molecule is Cc1cc(SCC(=O)NC2CCN(Cc3ccccc3)C2)nc2ccccc12. The molecule has 1 aromatic heterocycles. The molecule has 0 bridgehead atoms. The zero-order valence-corrected chi connectivity index (χ0v) is 16.9. The fourth-order valence-corrected chi connectivity index (χ4v) is 4.52. The molecule has 1 unspecified atom stereocenters. The van der Waals surface area contributed by atoms with E-state index in [1.165, 1.54) is 28.3 Å². The number of carbonyl (C=O) groups excluding carboxylic acids is 1. The van der Waals surface area contributed by atoms with Crippen molar-refractivity contribution in [3.63, 3.8) is 0 Å². The van der Waals surface area contributed by atoms with E-state index >= 15 is 0 Å². The van der Waals surface area contributed by atoms with Gasteiger partial charge in [-0.2, -0.15) is 0 Å². The Kier molecular flexibility index (Phi) is 5.93. The number of hydrogen-bond donors (Lipinski definition) is 1. The number of hydrogen-bond acceptors (Lipinski definition) is 4. The Labute approximate surface area is 170 Å². The molecule has 1 aliphatic heterocycles. The number of nitrogens with one attached hydrogen (secondary N) is 1. The van der Waals surface area contributed by atoms with Crippen LogP contribution < -0.4 is 5.32 Å². The number of likely N-dealkylation sites (tertiary alicyclic amines) is 1. The maximum absolute atomic E-state index is 12.4. The average molecular weight is 392 g/mol. The zero-order valence-electron chi connectivity index (χ0n) is 16.1. The summed E-state index contributed by atoms with van der Waals surface area (Å²) in [6.45, 7) is 4.98. The summed E-state index contributed by atoms with van der Waals surface area (Å²) in [6, 6.07) is 20.9. The summed E-state index contributed by atoms with van der Waals surface area (Å²) in [7, 11) is 0. The van der Waals surface area contributed by atoms with E-state index in [9.17, 15) is 4.79 Å². The molecule has 28 heavy (non-hydrogen) atoms. The highest BCUT2D eigenvalue weighted by Gasteiger charge is 2.23. The summed E-state index contributed by atoms with van der Waals surface area (Å²) in [5, 5.41) is 5.26. The summed E-state index contributed by atoms with van der Waals surface area (Å²) in [4.78, 5) is 19.5. The molecule has 2 aromatic carbocycles. The molecule has 1 saturated heterocycles. The number of pyridine rings is 1. The summed E-state index contributed by atoms with van der Waals surface area (Å²) in [5.74, 6) is 0.490. The van der Waals surface area contributed by atoms with Gasteiger partial charge >= 0.3 is 0 Å². The van der Waals surface area contributed by atoms with Gasteiger partial charge in [0.1, 0.15) is 0 Å². The van der Waals surface area contributed by atoms with Gasteiger partial charge in [-0.25, -0.2) is 4.98 Å². The van der Waals surface area contributed by atoms with Crippen LogP contribution in [0.3, 0.4) is 0 Å². The van der Waals surface area contributed by atoms with E-state index in [1.54, 1.807) is 0 Å². The van der Waals surface area contributed by atoms with Crippen molar-refractivity contribution >= 4 is 28.6 Å². The number of aryl methyl sites for hydroxylation is 1. The Bertz CT molecular complexity index is 960. The maximum atomic E-state index is 12.4. The Balaban J connectivity index is 1.27. The first-order valence-electron chi connectivity index (χ1n) is 9.72. The van der Waals surface area contributed by atoms with Gasteiger partial charge in [0, 0.05) is 31.1 Å². The van der Waals surface area contributed by atoms with Crippen LogP contribution in [-0.4, -0.2) is 40.7 Å². The minimum Gasteiger partial charge on any atom is -0.351 e. The second-order valence-electron chi connectivity index (χ2n) is 7.36. The van der Waals surface area contributed by atoms with E-state index in [1.807, 2.05) is 24.3 Å². The lowest BCUT2D eigenvalue weighted by Gasteiger charge is -2.16. The molecule has 0 aliphatic carbocycles. The van der Waals surface area contributed by atoms with Gasteiger partial charge < -0.3 is 5.32 Å². The van der Waals surface area contributed by atoms with Gasteiger partial charge in [0.2, 0.25) is 5.91 Å². The van der Waals surface area contributed by atoms with E-state index in [2.05, 4.69) is 58.5 Å². The smallest absolute Gasteiger partial charge is 0.230 e. The number of amides is 1. The zero-order chi connectivity index (χ0) is 19.3. The number of aromatic nitrogens is 1. The molecule has 1 N–H and O–H groups in total. The average Bonchev–Trinajstić information content (AvgIpc) is 3.14. The third-order valence-electron chi connectivity index (χ3n) is 5.14. The summed E-state index contributed by atoms with van der Waals surface area (Å²) in [5.41, 5.74) is 3.50. The van der Waals surface area contributed by atoms with E-state index in [-0.39, 0.29) is 11.9 Å². The number of fused-ring (bicyclic) bond motifs is 1. The van der Waals surface area contributed by atoms with Gasteiger partial charge in [-0.3, -0.25) is 9.69 Å². The molecule has 4 nitrogen and oxygen atoms in total. The van der Waals surface area contributed by atoms with Gasteiger partial charge in [0.25, 0.3) is 0 Å². The van der Waals surface area contributed by atoms with Crippen LogP contribution in [0.4, 0.5) is 0 Å². The van der Waals surface area contributed by atoms with Crippen LogP contribution in [0.1, 0.15) is 17.5 Å². The van der Waals surface area contributed by atoms with Crippen LogP contribution >= 0.6 is 11.8 Å². The van der Waals surface area contributed by atoms with Crippen LogP contribution in [0.5, 0.6) is 0 Å². The number of carbonyl (C=O) groups is 1. The van der Waals surface area contributed by atoms with Crippen LogP contribution in [0.2, 0.25) is 0 Å². The number of nitrogens with zero attached hydrogens (tertiary/aromatic N) is 2.